The van der Waals surface area contributed by atoms with Gasteiger partial charge >= 0.3 is 5.97 Å². The van der Waals surface area contributed by atoms with Gasteiger partial charge < -0.3 is 14.6 Å². The maximum Gasteiger partial charge on any atom is 0.307 e. The molecule has 1 N–H and O–H groups in total. The van der Waals surface area contributed by atoms with Crippen LogP contribution in [-0.2, 0) is 16.6 Å². The molecule has 116 valence electrons. The van der Waals surface area contributed by atoms with Crippen molar-refractivity contribution in [3.63, 3.8) is 0 Å². The lowest BCUT2D eigenvalue weighted by Crippen LogP contribution is -2.30. The topological polar surface area (TPSA) is 60.3 Å². The maximum absolute atomic E-state index is 12.3. The second-order valence-corrected chi connectivity index (χ2v) is 5.30. The Bertz CT molecular complexity index is 682. The van der Waals surface area contributed by atoms with Gasteiger partial charge in [0.05, 0.1) is 25.1 Å². The molecule has 0 spiro atoms. The number of aryl methyl sites for hydroxylation is 1. The first-order chi connectivity index (χ1) is 10.5. The number of nitrogens with zero attached hydrogens (tertiary/aromatic N) is 1. The predicted molar refractivity (Wildman–Crippen MR) is 83.7 cm³/mol. The first-order valence-electron chi connectivity index (χ1n) is 6.75. The third-order valence-corrected chi connectivity index (χ3v) is 3.62. The third kappa shape index (κ3) is 3.89. The normalized spacial score (nSPS) is 11.8. The summed E-state index contributed by atoms with van der Waals surface area (Å²) in [5, 5.41) is 3.32. The second-order valence-electron chi connectivity index (χ2n) is 4.89. The number of ether oxygens (including phenoxy) is 1. The molecule has 2 aromatic rings. The average molecular weight is 321 g/mol. The van der Waals surface area contributed by atoms with E-state index >= 15 is 0 Å². The fourth-order valence-corrected chi connectivity index (χ4v) is 2.39. The van der Waals surface area contributed by atoms with Crippen LogP contribution in [0.5, 0.6) is 0 Å². The number of carbonyl (C=O) groups excluding carboxylic acids is 2. The molecule has 0 saturated carbocycles. The molecule has 0 aliphatic carbocycles. The summed E-state index contributed by atoms with van der Waals surface area (Å²) >= 11 is 6.17. The van der Waals surface area contributed by atoms with Crippen LogP contribution in [0.3, 0.4) is 0 Å². The van der Waals surface area contributed by atoms with Crippen LogP contribution in [0.25, 0.3) is 0 Å². The van der Waals surface area contributed by atoms with Gasteiger partial charge in [0, 0.05) is 24.5 Å². The van der Waals surface area contributed by atoms with E-state index in [0.29, 0.717) is 16.1 Å². The van der Waals surface area contributed by atoms with Crippen LogP contribution in [0.15, 0.2) is 42.7 Å². The number of hydrogen-bond donors (Lipinski definition) is 1. The summed E-state index contributed by atoms with van der Waals surface area (Å²) in [5.74, 6) is -0.687. The molecule has 0 unspecified atom stereocenters. The van der Waals surface area contributed by atoms with E-state index in [0.717, 1.165) is 0 Å². The molecular weight excluding hydrogens is 304 g/mol. The Morgan fingerprint density at radius 3 is 2.64 bits per heavy atom. The van der Waals surface area contributed by atoms with E-state index in [1.807, 2.05) is 7.05 Å². The van der Waals surface area contributed by atoms with E-state index in [2.05, 4.69) is 5.32 Å². The third-order valence-electron chi connectivity index (χ3n) is 3.28. The van der Waals surface area contributed by atoms with Crippen LogP contribution in [0, 0.1) is 0 Å². The maximum atomic E-state index is 12.3. The van der Waals surface area contributed by atoms with Gasteiger partial charge in [-0.15, -0.1) is 0 Å². The Balaban J connectivity index is 2.23. The molecule has 1 heterocycles. The van der Waals surface area contributed by atoms with E-state index < -0.39 is 12.0 Å². The molecule has 0 aliphatic heterocycles. The Labute approximate surface area is 133 Å². The zero-order chi connectivity index (χ0) is 16.1. The predicted octanol–water partition coefficient (Wildman–Crippen LogP) is 2.71. The van der Waals surface area contributed by atoms with Crippen molar-refractivity contribution < 1.29 is 14.3 Å². The smallest absolute Gasteiger partial charge is 0.307 e. The van der Waals surface area contributed by atoms with Crippen LogP contribution < -0.4 is 5.32 Å². The number of esters is 1. The fraction of sp³-hybridized carbons (Fsp3) is 0.250. The van der Waals surface area contributed by atoms with Gasteiger partial charge in [-0.1, -0.05) is 29.8 Å². The average Bonchev–Trinajstić information content (AvgIpc) is 2.93. The number of rotatable bonds is 5. The lowest BCUT2D eigenvalue weighted by molar-refractivity contribution is -0.141. The van der Waals surface area contributed by atoms with Crippen LogP contribution in [0.2, 0.25) is 5.02 Å². The summed E-state index contributed by atoms with van der Waals surface area (Å²) in [5.41, 5.74) is 1.20. The molecule has 5 nitrogen and oxygen atoms in total. The molecule has 2 rings (SSSR count). The van der Waals surface area contributed by atoms with Crippen molar-refractivity contribution in [2.45, 2.75) is 12.5 Å². The lowest BCUT2D eigenvalue weighted by atomic mass is 10.0. The summed E-state index contributed by atoms with van der Waals surface area (Å²) < 4.78 is 6.47. The number of aromatic nitrogens is 1. The van der Waals surface area contributed by atoms with E-state index in [1.54, 1.807) is 47.3 Å². The van der Waals surface area contributed by atoms with Crippen molar-refractivity contribution in [2.24, 2.45) is 7.05 Å². The molecule has 0 saturated heterocycles. The van der Waals surface area contributed by atoms with Gasteiger partial charge in [0.15, 0.2) is 0 Å². The second kappa shape index (κ2) is 7.13. The molecule has 1 aromatic heterocycles. The number of benzene rings is 1. The summed E-state index contributed by atoms with van der Waals surface area (Å²) in [6, 6.07) is 8.25. The van der Waals surface area contributed by atoms with Crippen molar-refractivity contribution >= 4 is 23.5 Å². The van der Waals surface area contributed by atoms with E-state index in [9.17, 15) is 9.59 Å². The molecule has 1 atom stereocenters. The first kappa shape index (κ1) is 16.1. The monoisotopic (exact) mass is 320 g/mol. The van der Waals surface area contributed by atoms with Gasteiger partial charge in [-0.25, -0.2) is 0 Å². The minimum Gasteiger partial charge on any atom is -0.469 e. The van der Waals surface area contributed by atoms with E-state index in [1.165, 1.54) is 7.11 Å². The van der Waals surface area contributed by atoms with Crippen molar-refractivity contribution in [1.82, 2.24) is 9.88 Å². The van der Waals surface area contributed by atoms with Crippen LogP contribution in [0.4, 0.5) is 0 Å². The number of halogens is 1. The van der Waals surface area contributed by atoms with Crippen molar-refractivity contribution in [3.05, 3.63) is 58.9 Å². The van der Waals surface area contributed by atoms with Crippen LogP contribution in [-0.4, -0.2) is 23.6 Å². The minimum atomic E-state index is -0.547. The molecular formula is C16H17ClN2O3. The molecule has 1 amide bonds. The highest BCUT2D eigenvalue weighted by Crippen LogP contribution is 2.25. The lowest BCUT2D eigenvalue weighted by Gasteiger charge is -2.19. The molecule has 0 fully saturated rings. The Hall–Kier alpha value is -2.27. The van der Waals surface area contributed by atoms with Gasteiger partial charge in [-0.2, -0.15) is 0 Å². The standard InChI is InChI=1S/C16H17ClN2O3/c1-19-8-7-11(10-19)16(21)18-14(9-15(20)22-2)12-5-3-4-6-13(12)17/h3-8,10,14H,9H2,1-2H3,(H,18,21)/t14-/m0/s1. The molecule has 0 aliphatic rings. The molecule has 0 bridgehead atoms. The number of nitrogens with one attached hydrogen (secondary N) is 1. The zero-order valence-corrected chi connectivity index (χ0v) is 13.1. The number of methoxy groups -OCH3 is 1. The van der Waals surface area contributed by atoms with Gasteiger partial charge in [0.1, 0.15) is 0 Å². The molecule has 22 heavy (non-hydrogen) atoms. The number of hydrogen-bond acceptors (Lipinski definition) is 3. The number of amides is 1. The number of carbonyl (C=O) groups is 2. The van der Waals surface area contributed by atoms with Gasteiger partial charge in [-0.3, -0.25) is 9.59 Å². The SMILES string of the molecule is COC(=O)C[C@H](NC(=O)c1ccn(C)c1)c1ccccc1Cl. The van der Waals surface area contributed by atoms with Crippen molar-refractivity contribution in [2.75, 3.05) is 7.11 Å². The molecule has 1 aromatic carbocycles. The summed E-state index contributed by atoms with van der Waals surface area (Å²) in [6.07, 6.45) is 3.50. The summed E-state index contributed by atoms with van der Waals surface area (Å²) in [7, 11) is 3.14. The quantitative estimate of drug-likeness (QED) is 0.862. The Morgan fingerprint density at radius 2 is 2.05 bits per heavy atom. The van der Waals surface area contributed by atoms with Gasteiger partial charge in [0.25, 0.3) is 5.91 Å². The molecule has 6 heteroatoms. The molecule has 0 radical (unpaired) electrons. The Kier molecular flexibility index (Phi) is 5.22. The highest BCUT2D eigenvalue weighted by Gasteiger charge is 2.21. The first-order valence-corrected chi connectivity index (χ1v) is 7.13. The fourth-order valence-electron chi connectivity index (χ4n) is 2.13. The van der Waals surface area contributed by atoms with Gasteiger partial charge in [-0.05, 0) is 17.7 Å². The van der Waals surface area contributed by atoms with E-state index in [4.69, 9.17) is 16.3 Å². The summed E-state index contributed by atoms with van der Waals surface area (Å²) in [4.78, 5) is 23.9. The Morgan fingerprint density at radius 1 is 1.32 bits per heavy atom. The minimum absolute atomic E-state index is 0.0127. The highest BCUT2D eigenvalue weighted by molar-refractivity contribution is 6.31. The highest BCUT2D eigenvalue weighted by atomic mass is 35.5. The largest absolute Gasteiger partial charge is 0.469 e. The van der Waals surface area contributed by atoms with Gasteiger partial charge in [0.2, 0.25) is 0 Å². The van der Waals surface area contributed by atoms with Crippen LogP contribution in [0.1, 0.15) is 28.4 Å². The van der Waals surface area contributed by atoms with Crippen molar-refractivity contribution in [1.29, 1.82) is 0 Å². The van der Waals surface area contributed by atoms with Crippen LogP contribution >= 0.6 is 11.6 Å². The van der Waals surface area contributed by atoms with E-state index in [-0.39, 0.29) is 12.3 Å². The van der Waals surface area contributed by atoms with Crippen molar-refractivity contribution in [3.8, 4) is 0 Å². The summed E-state index contributed by atoms with van der Waals surface area (Å²) in [6.45, 7) is 0. The zero-order valence-electron chi connectivity index (χ0n) is 12.4.